The third kappa shape index (κ3) is 3.59. The third-order valence-corrected chi connectivity index (χ3v) is 4.24. The van der Waals surface area contributed by atoms with E-state index in [-0.39, 0.29) is 0 Å². The van der Waals surface area contributed by atoms with E-state index in [0.717, 1.165) is 10.1 Å². The van der Waals surface area contributed by atoms with Crippen LogP contribution in [0.2, 0.25) is 0 Å². The molecule has 0 saturated heterocycles. The van der Waals surface area contributed by atoms with E-state index >= 15 is 0 Å². The second-order valence-electron chi connectivity index (χ2n) is 4.32. The largest absolute Gasteiger partial charge is 0.316 e. The molecule has 0 saturated carbocycles. The van der Waals surface area contributed by atoms with Crippen LogP contribution in [0.5, 0.6) is 0 Å². The Morgan fingerprint density at radius 2 is 2.29 bits per heavy atom. The summed E-state index contributed by atoms with van der Waals surface area (Å²) in [6.07, 6.45) is 1.86. The Hall–Kier alpha value is -0.0600. The first-order valence-electron chi connectivity index (χ1n) is 4.73. The molecule has 14 heavy (non-hydrogen) atoms. The predicted molar refractivity (Wildman–Crippen MR) is 65.1 cm³/mol. The van der Waals surface area contributed by atoms with Crippen molar-refractivity contribution >= 4 is 23.1 Å². The van der Waals surface area contributed by atoms with Gasteiger partial charge in [0.1, 0.15) is 4.34 Å². The molecule has 1 unspecified atom stereocenters. The smallest absolute Gasteiger partial charge is 0.149 e. The lowest BCUT2D eigenvalue weighted by molar-refractivity contribution is 0.305. The Labute approximate surface area is 94.5 Å². The molecule has 1 N–H and O–H groups in total. The molecule has 1 rings (SSSR count). The molecule has 0 radical (unpaired) electrons. The van der Waals surface area contributed by atoms with Gasteiger partial charge >= 0.3 is 0 Å². The fourth-order valence-electron chi connectivity index (χ4n) is 1.20. The van der Waals surface area contributed by atoms with Gasteiger partial charge < -0.3 is 5.32 Å². The SMILES string of the molecule is CNC(CSc1nccs1)C(C)(C)C. The molecule has 1 aromatic rings. The van der Waals surface area contributed by atoms with Crippen LogP contribution in [-0.4, -0.2) is 23.8 Å². The van der Waals surface area contributed by atoms with Crippen LogP contribution in [0.4, 0.5) is 0 Å². The topological polar surface area (TPSA) is 24.9 Å². The highest BCUT2D eigenvalue weighted by Crippen LogP contribution is 2.27. The summed E-state index contributed by atoms with van der Waals surface area (Å²) >= 11 is 3.54. The van der Waals surface area contributed by atoms with Crippen molar-refractivity contribution in [1.29, 1.82) is 0 Å². The zero-order valence-corrected chi connectivity index (χ0v) is 10.8. The van der Waals surface area contributed by atoms with E-state index < -0.39 is 0 Å². The molecule has 0 bridgehead atoms. The van der Waals surface area contributed by atoms with Gasteiger partial charge in [-0.3, -0.25) is 0 Å². The van der Waals surface area contributed by atoms with E-state index in [1.165, 1.54) is 0 Å². The molecule has 4 heteroatoms. The van der Waals surface area contributed by atoms with Crippen LogP contribution in [0.25, 0.3) is 0 Å². The fraction of sp³-hybridized carbons (Fsp3) is 0.700. The van der Waals surface area contributed by atoms with Crippen LogP contribution < -0.4 is 5.32 Å². The molecule has 0 aliphatic carbocycles. The minimum absolute atomic E-state index is 0.305. The quantitative estimate of drug-likeness (QED) is 0.805. The van der Waals surface area contributed by atoms with Gasteiger partial charge in [-0.1, -0.05) is 32.5 Å². The summed E-state index contributed by atoms with van der Waals surface area (Å²) in [5, 5.41) is 5.38. The maximum absolute atomic E-state index is 4.26. The lowest BCUT2D eigenvalue weighted by Crippen LogP contribution is -2.40. The predicted octanol–water partition coefficient (Wildman–Crippen LogP) is 2.87. The molecule has 0 fully saturated rings. The van der Waals surface area contributed by atoms with Crippen molar-refractivity contribution in [3.8, 4) is 0 Å². The highest BCUT2D eigenvalue weighted by molar-refractivity contribution is 8.01. The number of nitrogens with one attached hydrogen (secondary N) is 1. The Kier molecular flexibility index (Phi) is 4.41. The molecular formula is C10H18N2S2. The van der Waals surface area contributed by atoms with Crippen molar-refractivity contribution in [3.63, 3.8) is 0 Å². The summed E-state index contributed by atoms with van der Waals surface area (Å²) < 4.78 is 1.16. The summed E-state index contributed by atoms with van der Waals surface area (Å²) in [5.41, 5.74) is 0.305. The minimum Gasteiger partial charge on any atom is -0.316 e. The first kappa shape index (κ1) is 12.0. The first-order valence-corrected chi connectivity index (χ1v) is 6.60. The van der Waals surface area contributed by atoms with Crippen LogP contribution in [0.1, 0.15) is 20.8 Å². The Morgan fingerprint density at radius 1 is 1.57 bits per heavy atom. The minimum atomic E-state index is 0.305. The second kappa shape index (κ2) is 5.14. The van der Waals surface area contributed by atoms with Crippen LogP contribution in [0.3, 0.4) is 0 Å². The molecule has 0 amide bonds. The summed E-state index contributed by atoms with van der Waals surface area (Å²) in [5.74, 6) is 1.08. The standard InChI is InChI=1S/C10H18N2S2/c1-10(2,3)8(11-4)7-14-9-12-5-6-13-9/h5-6,8,11H,7H2,1-4H3. The number of thiazole rings is 1. The molecule has 1 heterocycles. The molecule has 0 aliphatic rings. The number of thioether (sulfide) groups is 1. The van der Waals surface area contributed by atoms with Crippen molar-refractivity contribution in [1.82, 2.24) is 10.3 Å². The van der Waals surface area contributed by atoms with E-state index in [1.54, 1.807) is 11.3 Å². The van der Waals surface area contributed by atoms with Crippen LogP contribution in [-0.2, 0) is 0 Å². The first-order chi connectivity index (χ1) is 6.54. The maximum atomic E-state index is 4.26. The zero-order valence-electron chi connectivity index (χ0n) is 9.20. The van der Waals surface area contributed by atoms with E-state index in [0.29, 0.717) is 11.5 Å². The zero-order chi connectivity index (χ0) is 10.6. The number of hydrogen-bond acceptors (Lipinski definition) is 4. The summed E-state index contributed by atoms with van der Waals surface area (Å²) in [7, 11) is 2.03. The molecule has 1 aromatic heterocycles. The molecule has 1 atom stereocenters. The molecule has 80 valence electrons. The molecule has 2 nitrogen and oxygen atoms in total. The Balaban J connectivity index is 2.43. The lowest BCUT2D eigenvalue weighted by atomic mass is 9.88. The average Bonchev–Trinajstić information content (AvgIpc) is 2.55. The van der Waals surface area contributed by atoms with Crippen LogP contribution in [0, 0.1) is 5.41 Å². The van der Waals surface area contributed by atoms with Crippen molar-refractivity contribution in [2.24, 2.45) is 5.41 Å². The van der Waals surface area contributed by atoms with Gasteiger partial charge in [0, 0.05) is 23.4 Å². The maximum Gasteiger partial charge on any atom is 0.149 e. The van der Waals surface area contributed by atoms with Crippen molar-refractivity contribution in [3.05, 3.63) is 11.6 Å². The van der Waals surface area contributed by atoms with Gasteiger partial charge in [0.25, 0.3) is 0 Å². The van der Waals surface area contributed by atoms with Crippen molar-refractivity contribution in [2.75, 3.05) is 12.8 Å². The van der Waals surface area contributed by atoms with E-state index in [2.05, 4.69) is 31.1 Å². The number of hydrogen-bond donors (Lipinski definition) is 1. The van der Waals surface area contributed by atoms with Gasteiger partial charge in [-0.2, -0.15) is 0 Å². The number of nitrogens with zero attached hydrogens (tertiary/aromatic N) is 1. The Bertz CT molecular complexity index is 252. The van der Waals surface area contributed by atoms with Crippen molar-refractivity contribution < 1.29 is 0 Å². The van der Waals surface area contributed by atoms with Crippen LogP contribution >= 0.6 is 23.1 Å². The van der Waals surface area contributed by atoms with Gasteiger partial charge in [0.05, 0.1) is 0 Å². The summed E-state index contributed by atoms with van der Waals surface area (Å²) in [6, 6.07) is 0.524. The molecule has 0 spiro atoms. The van der Waals surface area contributed by atoms with E-state index in [9.17, 15) is 0 Å². The number of rotatable bonds is 4. The Morgan fingerprint density at radius 3 is 2.71 bits per heavy atom. The second-order valence-corrected chi connectivity index (χ2v) is 6.48. The van der Waals surface area contributed by atoms with Gasteiger partial charge in [-0.15, -0.1) is 11.3 Å². The molecule has 0 aromatic carbocycles. The number of aromatic nitrogens is 1. The van der Waals surface area contributed by atoms with Gasteiger partial charge in [0.2, 0.25) is 0 Å². The van der Waals surface area contributed by atoms with Crippen LogP contribution in [0.15, 0.2) is 15.9 Å². The lowest BCUT2D eigenvalue weighted by Gasteiger charge is -2.29. The highest BCUT2D eigenvalue weighted by atomic mass is 32.2. The average molecular weight is 230 g/mol. The molecular weight excluding hydrogens is 212 g/mol. The van der Waals surface area contributed by atoms with Gasteiger partial charge in [0.15, 0.2) is 0 Å². The van der Waals surface area contributed by atoms with E-state index in [4.69, 9.17) is 0 Å². The van der Waals surface area contributed by atoms with Gasteiger partial charge in [-0.25, -0.2) is 4.98 Å². The summed E-state index contributed by atoms with van der Waals surface area (Å²) in [4.78, 5) is 4.26. The fourth-order valence-corrected chi connectivity index (χ4v) is 3.32. The molecule has 0 aliphatic heterocycles. The monoisotopic (exact) mass is 230 g/mol. The van der Waals surface area contributed by atoms with Gasteiger partial charge in [-0.05, 0) is 12.5 Å². The van der Waals surface area contributed by atoms with E-state index in [1.807, 2.05) is 30.4 Å². The normalized spacial score (nSPS) is 14.3. The summed E-state index contributed by atoms with van der Waals surface area (Å²) in [6.45, 7) is 6.78. The highest BCUT2D eigenvalue weighted by Gasteiger charge is 2.22. The third-order valence-electron chi connectivity index (χ3n) is 2.18. The van der Waals surface area contributed by atoms with Crippen molar-refractivity contribution in [2.45, 2.75) is 31.2 Å².